The van der Waals surface area contributed by atoms with Gasteiger partial charge in [-0.05, 0) is 35.7 Å². The Kier molecular flexibility index (Phi) is 3.40. The van der Waals surface area contributed by atoms with E-state index in [2.05, 4.69) is 4.98 Å². The Labute approximate surface area is 104 Å². The molecular weight excluding hydrogens is 236 g/mol. The van der Waals surface area contributed by atoms with E-state index in [1.807, 2.05) is 30.3 Å². The van der Waals surface area contributed by atoms with Gasteiger partial charge in [0, 0.05) is 11.2 Å². The van der Waals surface area contributed by atoms with E-state index in [0.717, 1.165) is 11.1 Å². The van der Waals surface area contributed by atoms with Crippen molar-refractivity contribution < 1.29 is 4.79 Å². The Morgan fingerprint density at radius 1 is 1.24 bits per heavy atom. The summed E-state index contributed by atoms with van der Waals surface area (Å²) in [6, 6.07) is 11.1. The number of hydrogen-bond donors (Lipinski definition) is 1. The molecule has 0 fully saturated rings. The lowest BCUT2D eigenvalue weighted by Gasteiger charge is -2.05. The van der Waals surface area contributed by atoms with Crippen molar-refractivity contribution in [1.29, 1.82) is 0 Å². The van der Waals surface area contributed by atoms with E-state index in [-0.39, 0.29) is 0 Å². The molecule has 0 aliphatic heterocycles. The molecule has 0 saturated heterocycles. The maximum atomic E-state index is 11.2. The van der Waals surface area contributed by atoms with Crippen molar-refractivity contribution in [1.82, 2.24) is 4.98 Å². The molecule has 0 bridgehead atoms. The Morgan fingerprint density at radius 2 is 1.94 bits per heavy atom. The van der Waals surface area contributed by atoms with E-state index in [9.17, 15) is 4.79 Å². The molecule has 2 rings (SSSR count). The largest absolute Gasteiger partial charge is 0.364 e. The van der Waals surface area contributed by atoms with Crippen LogP contribution in [0.5, 0.6) is 0 Å². The Balaban J connectivity index is 2.30. The summed E-state index contributed by atoms with van der Waals surface area (Å²) in [5.41, 5.74) is 7.47. The molecule has 1 heterocycles. The lowest BCUT2D eigenvalue weighted by molar-refractivity contribution is 0.0994. The second-order valence-electron chi connectivity index (χ2n) is 3.68. The van der Waals surface area contributed by atoms with E-state index in [1.54, 1.807) is 12.3 Å². The number of rotatable bonds is 3. The fourth-order valence-corrected chi connectivity index (χ4v) is 1.75. The first-order chi connectivity index (χ1) is 8.16. The molecule has 0 saturated carbocycles. The lowest BCUT2D eigenvalue weighted by Crippen LogP contribution is -2.15. The number of nitrogens with two attached hydrogens (primary N) is 1. The van der Waals surface area contributed by atoms with E-state index in [0.29, 0.717) is 17.1 Å². The molecule has 17 heavy (non-hydrogen) atoms. The average Bonchev–Trinajstić information content (AvgIpc) is 2.32. The number of nitrogens with zero attached hydrogens (tertiary/aromatic N) is 1. The first kappa shape index (κ1) is 11.6. The van der Waals surface area contributed by atoms with Gasteiger partial charge in [0.25, 0.3) is 5.91 Å². The number of carbonyl (C=O) groups is 1. The second-order valence-corrected chi connectivity index (χ2v) is 4.12. The summed E-state index contributed by atoms with van der Waals surface area (Å²) in [5.74, 6) is -0.505. The van der Waals surface area contributed by atoms with Crippen LogP contribution in [0.4, 0.5) is 0 Å². The molecule has 3 nitrogen and oxygen atoms in total. The molecule has 4 heteroatoms. The van der Waals surface area contributed by atoms with Gasteiger partial charge in [0.1, 0.15) is 5.69 Å². The molecule has 1 amide bonds. The van der Waals surface area contributed by atoms with Crippen LogP contribution in [-0.4, -0.2) is 10.9 Å². The molecular formula is C13H11ClN2O. The number of amides is 1. The Morgan fingerprint density at radius 3 is 2.59 bits per heavy atom. The number of hydrogen-bond acceptors (Lipinski definition) is 2. The summed E-state index contributed by atoms with van der Waals surface area (Å²) < 4.78 is 0. The molecule has 0 unspecified atom stereocenters. The van der Waals surface area contributed by atoms with Crippen LogP contribution in [0.1, 0.15) is 21.6 Å². The van der Waals surface area contributed by atoms with Crippen LogP contribution in [0.3, 0.4) is 0 Å². The standard InChI is InChI=1S/C13H11ClN2O/c14-11-5-3-9(4-6-11)8-10-2-1-7-16-12(10)13(15)17/h1-7H,8H2,(H2,15,17). The van der Waals surface area contributed by atoms with Gasteiger partial charge in [-0.15, -0.1) is 0 Å². The van der Waals surface area contributed by atoms with Crippen LogP contribution in [0.15, 0.2) is 42.6 Å². The van der Waals surface area contributed by atoms with Gasteiger partial charge in [0.2, 0.25) is 0 Å². The third-order valence-electron chi connectivity index (χ3n) is 2.43. The van der Waals surface area contributed by atoms with E-state index in [4.69, 9.17) is 17.3 Å². The highest BCUT2D eigenvalue weighted by Crippen LogP contribution is 2.15. The van der Waals surface area contributed by atoms with E-state index < -0.39 is 5.91 Å². The van der Waals surface area contributed by atoms with Gasteiger partial charge in [0.05, 0.1) is 0 Å². The summed E-state index contributed by atoms with van der Waals surface area (Å²) in [6.45, 7) is 0. The van der Waals surface area contributed by atoms with Gasteiger partial charge in [0.15, 0.2) is 0 Å². The first-order valence-electron chi connectivity index (χ1n) is 5.15. The highest BCUT2D eigenvalue weighted by Gasteiger charge is 2.09. The number of pyridine rings is 1. The van der Waals surface area contributed by atoms with Crippen LogP contribution < -0.4 is 5.73 Å². The molecule has 0 aliphatic carbocycles. The minimum atomic E-state index is -0.505. The predicted octanol–water partition coefficient (Wildman–Crippen LogP) is 2.42. The van der Waals surface area contributed by atoms with Crippen LogP contribution >= 0.6 is 11.6 Å². The summed E-state index contributed by atoms with van der Waals surface area (Å²) in [7, 11) is 0. The van der Waals surface area contributed by atoms with Gasteiger partial charge in [-0.1, -0.05) is 29.8 Å². The van der Waals surface area contributed by atoms with Crippen LogP contribution in [0.25, 0.3) is 0 Å². The van der Waals surface area contributed by atoms with E-state index >= 15 is 0 Å². The van der Waals surface area contributed by atoms with Gasteiger partial charge in [-0.25, -0.2) is 0 Å². The smallest absolute Gasteiger partial charge is 0.267 e. The van der Waals surface area contributed by atoms with Gasteiger partial charge < -0.3 is 5.73 Å². The predicted molar refractivity (Wildman–Crippen MR) is 67.0 cm³/mol. The van der Waals surface area contributed by atoms with Crippen LogP contribution in [-0.2, 0) is 6.42 Å². The number of halogens is 1. The number of aromatic nitrogens is 1. The SMILES string of the molecule is NC(=O)c1ncccc1Cc1ccc(Cl)cc1. The fraction of sp³-hybridized carbons (Fsp3) is 0.0769. The monoisotopic (exact) mass is 246 g/mol. The molecule has 0 radical (unpaired) electrons. The highest BCUT2D eigenvalue weighted by atomic mass is 35.5. The van der Waals surface area contributed by atoms with Crippen molar-refractivity contribution in [3.8, 4) is 0 Å². The molecule has 1 aromatic heterocycles. The molecule has 2 N–H and O–H groups in total. The summed E-state index contributed by atoms with van der Waals surface area (Å²) in [6.07, 6.45) is 2.18. The molecule has 0 atom stereocenters. The average molecular weight is 247 g/mol. The van der Waals surface area contributed by atoms with E-state index in [1.165, 1.54) is 0 Å². The molecule has 0 aliphatic rings. The highest BCUT2D eigenvalue weighted by molar-refractivity contribution is 6.30. The Hall–Kier alpha value is -1.87. The van der Waals surface area contributed by atoms with Crippen LogP contribution in [0, 0.1) is 0 Å². The third kappa shape index (κ3) is 2.82. The van der Waals surface area contributed by atoms with Crippen molar-refractivity contribution in [2.75, 3.05) is 0 Å². The maximum Gasteiger partial charge on any atom is 0.267 e. The van der Waals surface area contributed by atoms with Gasteiger partial charge >= 0.3 is 0 Å². The minimum Gasteiger partial charge on any atom is -0.364 e. The van der Waals surface area contributed by atoms with Crippen molar-refractivity contribution in [2.45, 2.75) is 6.42 Å². The Bertz CT molecular complexity index is 537. The van der Waals surface area contributed by atoms with Crippen molar-refractivity contribution >= 4 is 17.5 Å². The summed E-state index contributed by atoms with van der Waals surface area (Å²) in [4.78, 5) is 15.2. The number of benzene rings is 1. The quantitative estimate of drug-likeness (QED) is 0.904. The molecule has 0 spiro atoms. The number of carbonyl (C=O) groups excluding carboxylic acids is 1. The van der Waals surface area contributed by atoms with Crippen molar-refractivity contribution in [2.24, 2.45) is 5.73 Å². The lowest BCUT2D eigenvalue weighted by atomic mass is 10.0. The summed E-state index contributed by atoms with van der Waals surface area (Å²) >= 11 is 5.81. The van der Waals surface area contributed by atoms with Gasteiger partial charge in [-0.3, -0.25) is 9.78 Å². The van der Waals surface area contributed by atoms with Crippen molar-refractivity contribution in [3.63, 3.8) is 0 Å². The van der Waals surface area contributed by atoms with Crippen LogP contribution in [0.2, 0.25) is 5.02 Å². The second kappa shape index (κ2) is 4.97. The zero-order valence-corrected chi connectivity index (χ0v) is 9.82. The minimum absolute atomic E-state index is 0.322. The molecule has 2 aromatic rings. The summed E-state index contributed by atoms with van der Waals surface area (Å²) in [5, 5.41) is 0.690. The topological polar surface area (TPSA) is 56.0 Å². The van der Waals surface area contributed by atoms with Gasteiger partial charge in [-0.2, -0.15) is 0 Å². The molecule has 86 valence electrons. The van der Waals surface area contributed by atoms with Crippen molar-refractivity contribution in [3.05, 3.63) is 64.4 Å². The zero-order valence-electron chi connectivity index (χ0n) is 9.06. The third-order valence-corrected chi connectivity index (χ3v) is 2.68. The first-order valence-corrected chi connectivity index (χ1v) is 5.53. The molecule has 1 aromatic carbocycles. The maximum absolute atomic E-state index is 11.2. The normalized spacial score (nSPS) is 10.2. The fourth-order valence-electron chi connectivity index (χ4n) is 1.63. The number of primary amides is 1. The zero-order chi connectivity index (χ0) is 12.3.